The van der Waals surface area contributed by atoms with Crippen LogP contribution in [0.3, 0.4) is 0 Å². The Hall–Kier alpha value is 0. The Balaban J connectivity index is 1.68. The predicted molar refractivity (Wildman–Crippen MR) is 147 cm³/mol. The summed E-state index contributed by atoms with van der Waals surface area (Å²) in [5, 5.41) is 0. The van der Waals surface area contributed by atoms with Crippen LogP contribution in [0.4, 0.5) is 0 Å². The molecule has 0 nitrogen and oxygen atoms in total. The van der Waals surface area contributed by atoms with E-state index >= 15 is 0 Å². The van der Waals surface area contributed by atoms with Gasteiger partial charge in [-0.15, -0.1) is 0 Å². The van der Waals surface area contributed by atoms with Gasteiger partial charge < -0.3 is 0 Å². The van der Waals surface area contributed by atoms with Gasteiger partial charge in [0.2, 0.25) is 0 Å². The minimum atomic E-state index is 0.462. The Bertz CT molecular complexity index is 724. The molecule has 0 N–H and O–H groups in total. The zero-order valence-electron chi connectivity index (χ0n) is 25.4. The van der Waals surface area contributed by atoms with E-state index in [-0.39, 0.29) is 0 Å². The molecule has 5 aliphatic rings. The third-order valence-corrected chi connectivity index (χ3v) is 15.7. The van der Waals surface area contributed by atoms with Crippen molar-refractivity contribution in [3.05, 3.63) is 0 Å². The van der Waals surface area contributed by atoms with E-state index in [1.807, 2.05) is 0 Å². The summed E-state index contributed by atoms with van der Waals surface area (Å²) >= 11 is 0. The zero-order valence-corrected chi connectivity index (χ0v) is 25.4. The molecule has 0 heterocycles. The fraction of sp³-hybridized carbons (Fsp3) is 1.00. The number of rotatable bonds is 0. The lowest BCUT2D eigenvalue weighted by molar-refractivity contribution is -0.0754. The smallest absolute Gasteiger partial charge is 0.0286 e. The van der Waals surface area contributed by atoms with Gasteiger partial charge in [-0.25, -0.2) is 0 Å². The van der Waals surface area contributed by atoms with E-state index < -0.39 is 0 Å². The van der Waals surface area contributed by atoms with Gasteiger partial charge in [0.05, 0.1) is 0 Å². The molecule has 0 amide bonds. The van der Waals surface area contributed by atoms with Crippen molar-refractivity contribution in [2.45, 2.75) is 96.9 Å². The van der Waals surface area contributed by atoms with Crippen LogP contribution in [0.15, 0.2) is 0 Å². The first-order chi connectivity index (χ1) is 15.6. The molecule has 0 aliphatic heterocycles. The van der Waals surface area contributed by atoms with Gasteiger partial charge in [-0.3, -0.25) is 0 Å². The van der Waals surface area contributed by atoms with Gasteiger partial charge in [0, 0.05) is 0 Å². The van der Waals surface area contributed by atoms with Crippen LogP contribution in [0.5, 0.6) is 0 Å². The third kappa shape index (κ3) is 2.84. The van der Waals surface area contributed by atoms with Crippen LogP contribution in [-0.4, -0.2) is 0 Å². The molecule has 34 heavy (non-hydrogen) atoms. The first kappa shape index (κ1) is 25.6. The highest BCUT2D eigenvalue weighted by Crippen LogP contribution is 2.78. The highest BCUT2D eigenvalue weighted by Gasteiger charge is 2.73. The summed E-state index contributed by atoms with van der Waals surface area (Å²) in [6, 6.07) is 0. The summed E-state index contributed by atoms with van der Waals surface area (Å²) in [5.74, 6) is 16.1. The molecular weight excluding hydrogens is 408 g/mol. The highest BCUT2D eigenvalue weighted by atomic mass is 14.8. The Labute approximate surface area is 214 Å². The van der Waals surface area contributed by atoms with Gasteiger partial charge in [0.15, 0.2) is 0 Å². The molecular formula is C34H60. The third-order valence-electron chi connectivity index (χ3n) is 15.7. The van der Waals surface area contributed by atoms with Gasteiger partial charge in [0.25, 0.3) is 0 Å². The molecule has 5 fully saturated rings. The standard InChI is InChI=1S/C34H60/c1-15-17(3)23(9)29-25(19(15)5)27-21(7)22(8)28-26-20(6)16(2)18(4)24(10)30(26)34(13,14)32(28)31(27)33(29,11)12/h15-32H,1-14H3. The van der Waals surface area contributed by atoms with Crippen molar-refractivity contribution in [1.29, 1.82) is 0 Å². The van der Waals surface area contributed by atoms with Gasteiger partial charge in [-0.05, 0) is 117 Å². The fourth-order valence-corrected chi connectivity index (χ4v) is 13.5. The van der Waals surface area contributed by atoms with E-state index in [0.717, 1.165) is 107 Å². The molecule has 5 saturated carbocycles. The van der Waals surface area contributed by atoms with Gasteiger partial charge >= 0.3 is 0 Å². The number of hydrogen-bond donors (Lipinski definition) is 0. The Kier molecular flexibility index (Phi) is 5.85. The van der Waals surface area contributed by atoms with Gasteiger partial charge in [-0.1, -0.05) is 96.9 Å². The van der Waals surface area contributed by atoms with Crippen molar-refractivity contribution in [2.24, 2.45) is 117 Å². The molecule has 18 atom stereocenters. The molecule has 0 aromatic rings. The van der Waals surface area contributed by atoms with E-state index in [4.69, 9.17) is 0 Å². The first-order valence-electron chi connectivity index (χ1n) is 15.6. The lowest BCUT2D eigenvalue weighted by Crippen LogP contribution is -2.50. The number of hydrogen-bond acceptors (Lipinski definition) is 0. The van der Waals surface area contributed by atoms with Crippen molar-refractivity contribution in [3.63, 3.8) is 0 Å². The van der Waals surface area contributed by atoms with Crippen molar-refractivity contribution in [2.75, 3.05) is 0 Å². The monoisotopic (exact) mass is 468 g/mol. The maximum Gasteiger partial charge on any atom is -0.0286 e. The quantitative estimate of drug-likeness (QED) is 0.332. The minimum absolute atomic E-state index is 0.462. The van der Waals surface area contributed by atoms with E-state index in [1.54, 1.807) is 0 Å². The Morgan fingerprint density at radius 3 is 0.765 bits per heavy atom. The second-order valence-electron chi connectivity index (χ2n) is 16.6. The summed E-state index contributed by atoms with van der Waals surface area (Å²) < 4.78 is 0. The van der Waals surface area contributed by atoms with Crippen molar-refractivity contribution >= 4 is 0 Å². The van der Waals surface area contributed by atoms with Gasteiger partial charge in [-0.2, -0.15) is 0 Å². The predicted octanol–water partition coefficient (Wildman–Crippen LogP) is 9.40. The zero-order chi connectivity index (χ0) is 25.4. The SMILES string of the molecule is CC1C(C)C(C)C2C(C1C)C1C(C)C(C)C3C4C(C)C(C)C(C)C(C)C4C(C)(C)C3C1C2(C)C. The molecule has 0 aromatic carbocycles. The average Bonchev–Trinajstić information content (AvgIpc) is 3.15. The maximum atomic E-state index is 2.76. The van der Waals surface area contributed by atoms with Crippen LogP contribution in [0.25, 0.3) is 0 Å². The summed E-state index contributed by atoms with van der Waals surface area (Å²) in [5.41, 5.74) is 0.923. The maximum absolute atomic E-state index is 2.76. The molecule has 0 radical (unpaired) electrons. The fourth-order valence-electron chi connectivity index (χ4n) is 13.5. The lowest BCUT2D eigenvalue weighted by atomic mass is 9.50. The molecule has 5 aliphatic carbocycles. The van der Waals surface area contributed by atoms with E-state index in [0.29, 0.717) is 10.8 Å². The Morgan fingerprint density at radius 2 is 0.471 bits per heavy atom. The average molecular weight is 469 g/mol. The van der Waals surface area contributed by atoms with Crippen LogP contribution in [0.1, 0.15) is 96.9 Å². The van der Waals surface area contributed by atoms with Crippen LogP contribution in [0, 0.1) is 117 Å². The van der Waals surface area contributed by atoms with E-state index in [1.165, 1.54) is 0 Å². The number of fused-ring (bicyclic) bond motifs is 7. The van der Waals surface area contributed by atoms with Crippen LogP contribution < -0.4 is 0 Å². The van der Waals surface area contributed by atoms with Crippen molar-refractivity contribution in [3.8, 4) is 0 Å². The summed E-state index contributed by atoms with van der Waals surface area (Å²) in [4.78, 5) is 0. The molecule has 0 saturated heterocycles. The van der Waals surface area contributed by atoms with Crippen LogP contribution in [0.2, 0.25) is 0 Å². The van der Waals surface area contributed by atoms with Crippen LogP contribution >= 0.6 is 0 Å². The van der Waals surface area contributed by atoms with Gasteiger partial charge in [0.1, 0.15) is 0 Å². The molecule has 0 heteroatoms. The molecule has 5 rings (SSSR count). The first-order valence-corrected chi connectivity index (χ1v) is 15.6. The molecule has 196 valence electrons. The largest absolute Gasteiger partial charge is 0.0620 e. The van der Waals surface area contributed by atoms with Crippen molar-refractivity contribution in [1.82, 2.24) is 0 Å². The topological polar surface area (TPSA) is 0 Å². The summed E-state index contributed by atoms with van der Waals surface area (Å²) in [7, 11) is 0. The summed E-state index contributed by atoms with van der Waals surface area (Å²) in [6.07, 6.45) is 0. The van der Waals surface area contributed by atoms with Crippen molar-refractivity contribution < 1.29 is 0 Å². The Morgan fingerprint density at radius 1 is 0.265 bits per heavy atom. The second-order valence-corrected chi connectivity index (χ2v) is 16.6. The van der Waals surface area contributed by atoms with E-state index in [2.05, 4.69) is 96.9 Å². The second kappa shape index (κ2) is 7.76. The van der Waals surface area contributed by atoms with E-state index in [9.17, 15) is 0 Å². The van der Waals surface area contributed by atoms with Crippen LogP contribution in [-0.2, 0) is 0 Å². The summed E-state index contributed by atoms with van der Waals surface area (Å²) in [6.45, 7) is 37.5. The molecule has 0 bridgehead atoms. The lowest BCUT2D eigenvalue weighted by Gasteiger charge is -2.55. The molecule has 0 spiro atoms. The molecule has 18 unspecified atom stereocenters. The highest BCUT2D eigenvalue weighted by molar-refractivity contribution is 5.21. The minimum Gasteiger partial charge on any atom is -0.0620 e. The molecule has 0 aromatic heterocycles. The normalized spacial score (nSPS) is 64.1.